The summed E-state index contributed by atoms with van der Waals surface area (Å²) in [4.78, 5) is 44.4. The minimum atomic E-state index is -0.359. The number of hydrogen-bond donors (Lipinski definition) is 2. The monoisotopic (exact) mass is 448 g/mol. The molecule has 0 fully saturated rings. The van der Waals surface area contributed by atoms with Gasteiger partial charge in [0.25, 0.3) is 11.5 Å². The zero-order chi connectivity index (χ0) is 20.4. The van der Waals surface area contributed by atoms with Crippen molar-refractivity contribution in [3.05, 3.63) is 43.2 Å². The van der Waals surface area contributed by atoms with E-state index in [0.717, 1.165) is 35.9 Å². The fourth-order valence-electron chi connectivity index (χ4n) is 3.37. The first kappa shape index (κ1) is 20.1. The molecule has 0 spiro atoms. The van der Waals surface area contributed by atoms with E-state index in [1.165, 1.54) is 33.5 Å². The van der Waals surface area contributed by atoms with E-state index in [9.17, 15) is 14.4 Å². The number of aromatic nitrogens is 2. The number of carbonyl (C=O) groups excluding carboxylic acids is 2. The van der Waals surface area contributed by atoms with Crippen LogP contribution < -0.4 is 16.4 Å². The summed E-state index contributed by atoms with van der Waals surface area (Å²) in [5.74, 6) is -0.664. The Bertz CT molecular complexity index is 1120. The zero-order valence-electron chi connectivity index (χ0n) is 15.8. The predicted molar refractivity (Wildman–Crippen MR) is 117 cm³/mol. The quantitative estimate of drug-likeness (QED) is 0.356. The fraction of sp³-hybridized carbons (Fsp3) is 0.368. The molecule has 10 heteroatoms. The molecule has 0 unspecified atom stereocenters. The largest absolute Gasteiger partial charge is 0.287 e. The van der Waals surface area contributed by atoms with E-state index in [2.05, 4.69) is 10.9 Å². The molecule has 0 aliphatic heterocycles. The number of aryl methyl sites for hydroxylation is 2. The zero-order valence-corrected chi connectivity index (χ0v) is 18.3. The Morgan fingerprint density at radius 2 is 2.10 bits per heavy atom. The maximum atomic E-state index is 13.1. The number of rotatable bonds is 5. The minimum Gasteiger partial charge on any atom is -0.287 e. The molecule has 0 radical (unpaired) electrons. The number of nitrogens with zero attached hydrogens (tertiary/aromatic N) is 2. The van der Waals surface area contributed by atoms with Crippen LogP contribution in [-0.2, 0) is 24.2 Å². The summed E-state index contributed by atoms with van der Waals surface area (Å²) in [6.45, 7) is 2.39. The van der Waals surface area contributed by atoms with Gasteiger partial charge in [-0.05, 0) is 49.6 Å². The molecule has 3 heterocycles. The van der Waals surface area contributed by atoms with Crippen molar-refractivity contribution in [2.75, 3.05) is 5.75 Å². The Hall–Kier alpha value is -2.17. The summed E-state index contributed by atoms with van der Waals surface area (Å²) in [7, 11) is 0. The molecule has 152 valence electrons. The van der Waals surface area contributed by atoms with Gasteiger partial charge in [0.2, 0.25) is 5.91 Å². The highest BCUT2D eigenvalue weighted by Crippen LogP contribution is 2.34. The normalized spacial score (nSPS) is 13.3. The minimum absolute atomic E-state index is 0.0224. The van der Waals surface area contributed by atoms with Crippen LogP contribution in [0.3, 0.4) is 0 Å². The Kier molecular flexibility index (Phi) is 6.02. The van der Waals surface area contributed by atoms with Crippen LogP contribution in [0.2, 0.25) is 0 Å². The van der Waals surface area contributed by atoms with E-state index in [1.54, 1.807) is 33.4 Å². The molecule has 0 saturated heterocycles. The molecule has 2 N–H and O–H groups in total. The van der Waals surface area contributed by atoms with E-state index in [4.69, 9.17) is 4.98 Å². The molecular formula is C19H20N4O3S3. The van der Waals surface area contributed by atoms with Gasteiger partial charge in [-0.3, -0.25) is 29.8 Å². The van der Waals surface area contributed by atoms with Crippen molar-refractivity contribution in [2.45, 2.75) is 44.3 Å². The number of fused-ring (bicyclic) bond motifs is 3. The van der Waals surface area contributed by atoms with Gasteiger partial charge in [0.1, 0.15) is 4.83 Å². The first-order chi connectivity index (χ1) is 14.1. The summed E-state index contributed by atoms with van der Waals surface area (Å²) in [6.07, 6.45) is 4.21. The first-order valence-corrected chi connectivity index (χ1v) is 12.1. The van der Waals surface area contributed by atoms with Gasteiger partial charge < -0.3 is 0 Å². The second-order valence-corrected chi connectivity index (χ2v) is 9.58. The lowest BCUT2D eigenvalue weighted by Gasteiger charge is -2.12. The Balaban J connectivity index is 1.48. The van der Waals surface area contributed by atoms with Crippen molar-refractivity contribution in [2.24, 2.45) is 0 Å². The van der Waals surface area contributed by atoms with Crippen LogP contribution in [0.1, 0.15) is 39.9 Å². The number of thiophene rings is 2. The number of hydrazine groups is 1. The van der Waals surface area contributed by atoms with Gasteiger partial charge >= 0.3 is 0 Å². The highest BCUT2D eigenvalue weighted by atomic mass is 32.2. The number of thioether (sulfide) groups is 1. The highest BCUT2D eigenvalue weighted by molar-refractivity contribution is 7.99. The molecule has 3 aromatic rings. The third-order valence-corrected chi connectivity index (χ3v) is 7.78. The third-order valence-electron chi connectivity index (χ3n) is 4.75. The van der Waals surface area contributed by atoms with Crippen molar-refractivity contribution >= 4 is 56.5 Å². The van der Waals surface area contributed by atoms with E-state index < -0.39 is 0 Å². The molecule has 0 aromatic carbocycles. The number of hydrogen-bond acceptors (Lipinski definition) is 7. The van der Waals surface area contributed by atoms with Gasteiger partial charge in [-0.25, -0.2) is 4.98 Å². The van der Waals surface area contributed by atoms with Crippen LogP contribution >= 0.6 is 34.4 Å². The van der Waals surface area contributed by atoms with E-state index in [0.29, 0.717) is 16.6 Å². The van der Waals surface area contributed by atoms with Crippen molar-refractivity contribution < 1.29 is 9.59 Å². The molecule has 2 amide bonds. The summed E-state index contributed by atoms with van der Waals surface area (Å²) in [5.41, 5.74) is 5.95. The molecule has 1 aliphatic rings. The van der Waals surface area contributed by atoms with Crippen molar-refractivity contribution in [1.29, 1.82) is 0 Å². The SMILES string of the molecule is CCn1c(SCC(=O)NNC(=O)c2cccs2)nc2sc3c(c2c1=O)CCCC3. The second kappa shape index (κ2) is 8.68. The topological polar surface area (TPSA) is 93.1 Å². The van der Waals surface area contributed by atoms with Crippen LogP contribution in [0.25, 0.3) is 10.2 Å². The molecule has 3 aromatic heterocycles. The van der Waals surface area contributed by atoms with Crippen LogP contribution in [0.4, 0.5) is 0 Å². The van der Waals surface area contributed by atoms with Gasteiger partial charge in [0, 0.05) is 11.4 Å². The Morgan fingerprint density at radius 1 is 1.28 bits per heavy atom. The van der Waals surface area contributed by atoms with Crippen LogP contribution in [0, 0.1) is 0 Å². The molecule has 0 bridgehead atoms. The summed E-state index contributed by atoms with van der Waals surface area (Å²) in [5, 5.41) is 3.08. The summed E-state index contributed by atoms with van der Waals surface area (Å²) >= 11 is 4.10. The van der Waals surface area contributed by atoms with Gasteiger partial charge in [0.05, 0.1) is 16.0 Å². The number of nitrogens with one attached hydrogen (secondary N) is 2. The van der Waals surface area contributed by atoms with E-state index in [1.807, 2.05) is 6.92 Å². The van der Waals surface area contributed by atoms with Crippen molar-refractivity contribution in [3.63, 3.8) is 0 Å². The maximum absolute atomic E-state index is 13.1. The van der Waals surface area contributed by atoms with Gasteiger partial charge in [-0.2, -0.15) is 0 Å². The Morgan fingerprint density at radius 3 is 2.86 bits per heavy atom. The maximum Gasteiger partial charge on any atom is 0.279 e. The van der Waals surface area contributed by atoms with Gasteiger partial charge in [-0.1, -0.05) is 17.8 Å². The molecule has 4 rings (SSSR count). The Labute approximate surface area is 179 Å². The van der Waals surface area contributed by atoms with Gasteiger partial charge in [0.15, 0.2) is 5.16 Å². The van der Waals surface area contributed by atoms with Gasteiger partial charge in [-0.15, -0.1) is 22.7 Å². The lowest BCUT2D eigenvalue weighted by Crippen LogP contribution is -2.42. The van der Waals surface area contributed by atoms with Crippen LogP contribution in [0.15, 0.2) is 27.5 Å². The van der Waals surface area contributed by atoms with Crippen LogP contribution in [0.5, 0.6) is 0 Å². The predicted octanol–water partition coefficient (Wildman–Crippen LogP) is 2.97. The highest BCUT2D eigenvalue weighted by Gasteiger charge is 2.22. The van der Waals surface area contributed by atoms with E-state index >= 15 is 0 Å². The summed E-state index contributed by atoms with van der Waals surface area (Å²) in [6, 6.07) is 3.45. The molecule has 1 aliphatic carbocycles. The number of amides is 2. The molecule has 7 nitrogen and oxygen atoms in total. The molecule has 29 heavy (non-hydrogen) atoms. The summed E-state index contributed by atoms with van der Waals surface area (Å²) < 4.78 is 1.63. The molecule has 0 atom stereocenters. The lowest BCUT2D eigenvalue weighted by molar-refractivity contribution is -0.119. The first-order valence-electron chi connectivity index (χ1n) is 9.39. The van der Waals surface area contributed by atoms with E-state index in [-0.39, 0.29) is 23.1 Å². The average molecular weight is 449 g/mol. The molecule has 0 saturated carbocycles. The fourth-order valence-corrected chi connectivity index (χ4v) is 6.16. The average Bonchev–Trinajstić information content (AvgIpc) is 3.38. The van der Waals surface area contributed by atoms with Crippen molar-refractivity contribution in [3.8, 4) is 0 Å². The number of carbonyl (C=O) groups is 2. The van der Waals surface area contributed by atoms with Crippen LogP contribution in [-0.4, -0.2) is 27.1 Å². The smallest absolute Gasteiger partial charge is 0.279 e. The molecular weight excluding hydrogens is 428 g/mol. The standard InChI is InChI=1S/C19H20N4O3S3/c1-2-23-18(26)15-11-6-3-4-7-12(11)29-17(15)20-19(23)28-10-14(24)21-22-16(25)13-8-5-9-27-13/h5,8-9H,2-4,6-7,10H2,1H3,(H,21,24)(H,22,25). The second-order valence-electron chi connectivity index (χ2n) is 6.60. The van der Waals surface area contributed by atoms with Crippen molar-refractivity contribution in [1.82, 2.24) is 20.4 Å². The third kappa shape index (κ3) is 4.10. The lowest BCUT2D eigenvalue weighted by atomic mass is 9.97.